The number of hydrogen-bond donors (Lipinski definition) is 1. The fourth-order valence-corrected chi connectivity index (χ4v) is 2.49. The predicted octanol–water partition coefficient (Wildman–Crippen LogP) is 2.28. The molecule has 0 atom stereocenters. The smallest absolute Gasteiger partial charge is 0.176 e. The molecule has 0 fully saturated rings. The largest absolute Gasteiger partial charge is 0.458 e. The van der Waals surface area contributed by atoms with Gasteiger partial charge in [-0.3, -0.25) is 0 Å². The molecule has 3 rings (SSSR count). The first-order chi connectivity index (χ1) is 8.29. The zero-order chi connectivity index (χ0) is 11.8. The minimum absolute atomic E-state index is 0.00895. The number of rotatable bonds is 2. The number of aromatic nitrogens is 2. The summed E-state index contributed by atoms with van der Waals surface area (Å²) in [6.45, 7) is 2.91. The number of nitrogens with zero attached hydrogens (tertiary/aromatic N) is 2. The van der Waals surface area contributed by atoms with Gasteiger partial charge in [-0.2, -0.15) is 0 Å². The van der Waals surface area contributed by atoms with Gasteiger partial charge in [0.25, 0.3) is 0 Å². The van der Waals surface area contributed by atoms with Crippen molar-refractivity contribution in [3.05, 3.63) is 29.3 Å². The normalized spacial score (nSPS) is 14.9. The van der Waals surface area contributed by atoms with Crippen molar-refractivity contribution in [3.63, 3.8) is 0 Å². The minimum atomic E-state index is 0.00895. The number of imidazole rings is 1. The summed E-state index contributed by atoms with van der Waals surface area (Å²) in [4.78, 5) is 4.51. The van der Waals surface area contributed by atoms with Crippen molar-refractivity contribution in [1.29, 1.82) is 0 Å². The summed E-state index contributed by atoms with van der Waals surface area (Å²) in [6.07, 6.45) is 3.35. The average Bonchev–Trinajstić information content (AvgIpc) is 2.92. The Morgan fingerprint density at radius 2 is 2.29 bits per heavy atom. The van der Waals surface area contributed by atoms with Gasteiger partial charge in [0.15, 0.2) is 11.6 Å². The molecule has 0 amide bonds. The van der Waals surface area contributed by atoms with Gasteiger partial charge < -0.3 is 14.1 Å². The summed E-state index contributed by atoms with van der Waals surface area (Å²) in [6, 6.07) is 3.89. The number of furan rings is 1. The highest BCUT2D eigenvalue weighted by Gasteiger charge is 2.21. The quantitative estimate of drug-likeness (QED) is 0.864. The van der Waals surface area contributed by atoms with Crippen LogP contribution in [-0.4, -0.2) is 14.7 Å². The topological polar surface area (TPSA) is 51.2 Å². The second-order valence-corrected chi connectivity index (χ2v) is 4.51. The van der Waals surface area contributed by atoms with Gasteiger partial charge in [0.05, 0.1) is 12.3 Å². The molecule has 1 aliphatic rings. The highest BCUT2D eigenvalue weighted by atomic mass is 16.3. The summed E-state index contributed by atoms with van der Waals surface area (Å²) < 4.78 is 7.82. The van der Waals surface area contributed by atoms with Crippen molar-refractivity contribution < 1.29 is 9.52 Å². The lowest BCUT2D eigenvalue weighted by Crippen LogP contribution is -2.11. The first kappa shape index (κ1) is 10.6. The van der Waals surface area contributed by atoms with Gasteiger partial charge in [-0.1, -0.05) is 0 Å². The van der Waals surface area contributed by atoms with Crippen LogP contribution in [-0.2, 0) is 19.6 Å². The molecule has 0 saturated carbocycles. The fourth-order valence-electron chi connectivity index (χ4n) is 2.49. The Morgan fingerprint density at radius 1 is 1.41 bits per heavy atom. The zero-order valence-electron chi connectivity index (χ0n) is 9.94. The van der Waals surface area contributed by atoms with E-state index in [4.69, 9.17) is 4.42 Å². The third-order valence-electron chi connectivity index (χ3n) is 3.31. The number of fused-ring (bicyclic) bond motifs is 1. The van der Waals surface area contributed by atoms with Crippen LogP contribution in [0.5, 0.6) is 0 Å². The Balaban J connectivity index is 2.13. The number of hydrogen-bond acceptors (Lipinski definition) is 3. The third kappa shape index (κ3) is 1.69. The Labute approximate surface area is 99.9 Å². The van der Waals surface area contributed by atoms with Crippen LogP contribution in [0.4, 0.5) is 0 Å². The molecule has 0 unspecified atom stereocenters. The lowest BCUT2D eigenvalue weighted by molar-refractivity contribution is 0.275. The summed E-state index contributed by atoms with van der Waals surface area (Å²) in [7, 11) is 0. The van der Waals surface area contributed by atoms with Crippen LogP contribution in [0.3, 0.4) is 0 Å². The van der Waals surface area contributed by atoms with Crippen LogP contribution in [0.25, 0.3) is 11.6 Å². The molecular formula is C13H16N2O2. The van der Waals surface area contributed by atoms with E-state index in [2.05, 4.69) is 9.55 Å². The van der Waals surface area contributed by atoms with Gasteiger partial charge in [-0.15, -0.1) is 0 Å². The molecule has 0 saturated heterocycles. The standard InChI is InChI=1S/C13H16N2O2/c1-9-5-6-12(17-9)13-14-10(8-16)11-4-2-3-7-15(11)13/h5-6,16H,2-4,7-8H2,1H3. The van der Waals surface area contributed by atoms with Gasteiger partial charge in [0.1, 0.15) is 5.76 Å². The van der Waals surface area contributed by atoms with Crippen molar-refractivity contribution in [2.24, 2.45) is 0 Å². The molecule has 90 valence electrons. The van der Waals surface area contributed by atoms with Gasteiger partial charge in [0.2, 0.25) is 0 Å². The van der Waals surface area contributed by atoms with E-state index in [-0.39, 0.29) is 6.61 Å². The second-order valence-electron chi connectivity index (χ2n) is 4.51. The van der Waals surface area contributed by atoms with Crippen LogP contribution in [0, 0.1) is 6.92 Å². The van der Waals surface area contributed by atoms with Crippen LogP contribution in [0.1, 0.15) is 30.0 Å². The number of aryl methyl sites for hydroxylation is 1. The highest BCUT2D eigenvalue weighted by Crippen LogP contribution is 2.28. The van der Waals surface area contributed by atoms with Gasteiger partial charge in [0, 0.05) is 12.2 Å². The van der Waals surface area contributed by atoms with Crippen molar-refractivity contribution in [1.82, 2.24) is 9.55 Å². The molecule has 2 aromatic heterocycles. The molecule has 3 heterocycles. The van der Waals surface area contributed by atoms with Crippen LogP contribution in [0.15, 0.2) is 16.5 Å². The fraction of sp³-hybridized carbons (Fsp3) is 0.462. The third-order valence-corrected chi connectivity index (χ3v) is 3.31. The summed E-state index contributed by atoms with van der Waals surface area (Å²) in [5, 5.41) is 9.35. The second kappa shape index (κ2) is 4.04. The molecule has 0 aliphatic carbocycles. The minimum Gasteiger partial charge on any atom is -0.458 e. The lowest BCUT2D eigenvalue weighted by Gasteiger charge is -2.16. The van der Waals surface area contributed by atoms with Crippen molar-refractivity contribution in [2.45, 2.75) is 39.3 Å². The number of aliphatic hydroxyl groups excluding tert-OH is 1. The first-order valence-corrected chi connectivity index (χ1v) is 6.05. The lowest BCUT2D eigenvalue weighted by atomic mass is 10.1. The van der Waals surface area contributed by atoms with Crippen molar-refractivity contribution in [2.75, 3.05) is 0 Å². The molecule has 1 aliphatic heterocycles. The Morgan fingerprint density at radius 3 is 3.00 bits per heavy atom. The molecule has 17 heavy (non-hydrogen) atoms. The molecule has 4 heteroatoms. The Kier molecular flexibility index (Phi) is 2.52. The monoisotopic (exact) mass is 232 g/mol. The van der Waals surface area contributed by atoms with E-state index in [1.165, 1.54) is 18.5 Å². The predicted molar refractivity (Wildman–Crippen MR) is 63.5 cm³/mol. The van der Waals surface area contributed by atoms with E-state index in [0.717, 1.165) is 36.0 Å². The van der Waals surface area contributed by atoms with E-state index in [9.17, 15) is 5.11 Å². The van der Waals surface area contributed by atoms with Gasteiger partial charge >= 0.3 is 0 Å². The maximum Gasteiger partial charge on any atom is 0.176 e. The first-order valence-electron chi connectivity index (χ1n) is 6.05. The van der Waals surface area contributed by atoms with Crippen LogP contribution in [0.2, 0.25) is 0 Å². The molecule has 2 aromatic rings. The maximum atomic E-state index is 9.35. The van der Waals surface area contributed by atoms with Gasteiger partial charge in [-0.05, 0) is 38.3 Å². The van der Waals surface area contributed by atoms with Crippen molar-refractivity contribution in [3.8, 4) is 11.6 Å². The molecule has 0 bridgehead atoms. The van der Waals surface area contributed by atoms with Crippen molar-refractivity contribution >= 4 is 0 Å². The Bertz CT molecular complexity index is 540. The molecular weight excluding hydrogens is 216 g/mol. The molecule has 4 nitrogen and oxygen atoms in total. The van der Waals surface area contributed by atoms with E-state index in [0.29, 0.717) is 0 Å². The molecule has 0 aromatic carbocycles. The molecule has 0 radical (unpaired) electrons. The zero-order valence-corrected chi connectivity index (χ0v) is 9.94. The van der Waals surface area contributed by atoms with Gasteiger partial charge in [-0.25, -0.2) is 4.98 Å². The molecule has 0 spiro atoms. The maximum absolute atomic E-state index is 9.35. The molecule has 1 N–H and O–H groups in total. The Hall–Kier alpha value is -1.55. The van der Waals surface area contributed by atoms with E-state index < -0.39 is 0 Å². The van der Waals surface area contributed by atoms with Crippen LogP contribution < -0.4 is 0 Å². The average molecular weight is 232 g/mol. The van der Waals surface area contributed by atoms with E-state index in [1.54, 1.807) is 0 Å². The summed E-state index contributed by atoms with van der Waals surface area (Å²) in [5.74, 6) is 2.54. The summed E-state index contributed by atoms with van der Waals surface area (Å²) >= 11 is 0. The van der Waals surface area contributed by atoms with E-state index in [1.807, 2.05) is 19.1 Å². The van der Waals surface area contributed by atoms with Crippen LogP contribution >= 0.6 is 0 Å². The number of aliphatic hydroxyl groups is 1. The highest BCUT2D eigenvalue weighted by molar-refractivity contribution is 5.50. The SMILES string of the molecule is Cc1ccc(-c2nc(CO)c3n2CCCC3)o1. The van der Waals surface area contributed by atoms with E-state index >= 15 is 0 Å². The summed E-state index contributed by atoms with van der Waals surface area (Å²) in [5.41, 5.74) is 1.97.